The molecule has 0 spiro atoms. The molecular weight excluding hydrogens is 246 g/mol. The molecule has 1 saturated heterocycles. The molecule has 0 saturated carbocycles. The number of aliphatic carboxylic acids is 1. The largest absolute Gasteiger partial charge is 0.481 e. The van der Waals surface area contributed by atoms with Crippen molar-refractivity contribution >= 4 is 12.1 Å². The van der Waals surface area contributed by atoms with E-state index >= 15 is 0 Å². The normalized spacial score (nSPS) is 18.3. The van der Waals surface area contributed by atoms with Gasteiger partial charge in [0.05, 0.1) is 0 Å². The molecule has 1 aliphatic heterocycles. The van der Waals surface area contributed by atoms with Gasteiger partial charge in [0, 0.05) is 19.5 Å². The average Bonchev–Trinajstić information content (AvgIpc) is 2.86. The third-order valence-corrected chi connectivity index (χ3v) is 3.26. The molecule has 1 aromatic rings. The highest BCUT2D eigenvalue weighted by Gasteiger charge is 2.27. The molecule has 1 N–H and O–H groups in total. The lowest BCUT2D eigenvalue weighted by Crippen LogP contribution is -2.31. The molecule has 1 fully saturated rings. The van der Waals surface area contributed by atoms with Gasteiger partial charge >= 0.3 is 12.1 Å². The van der Waals surface area contributed by atoms with Crippen molar-refractivity contribution in [3.8, 4) is 5.75 Å². The Kier molecular flexibility index (Phi) is 4.39. The molecule has 19 heavy (non-hydrogen) atoms. The van der Waals surface area contributed by atoms with Gasteiger partial charge in [-0.2, -0.15) is 0 Å². The number of carbonyl (C=O) groups excluding carboxylic acids is 1. The summed E-state index contributed by atoms with van der Waals surface area (Å²) in [7, 11) is 0. The first-order chi connectivity index (χ1) is 9.15. The van der Waals surface area contributed by atoms with Crippen molar-refractivity contribution < 1.29 is 19.4 Å². The van der Waals surface area contributed by atoms with Gasteiger partial charge in [-0.3, -0.25) is 4.79 Å². The number of nitrogens with zero attached hydrogens (tertiary/aromatic N) is 1. The van der Waals surface area contributed by atoms with Crippen molar-refractivity contribution in [2.75, 3.05) is 13.1 Å². The van der Waals surface area contributed by atoms with Crippen LogP contribution in [0.3, 0.4) is 0 Å². The number of hydrogen-bond acceptors (Lipinski definition) is 3. The first kappa shape index (κ1) is 13.4. The number of carbonyl (C=O) groups is 2. The number of benzene rings is 1. The first-order valence-electron chi connectivity index (χ1n) is 6.39. The monoisotopic (exact) mass is 263 g/mol. The zero-order valence-corrected chi connectivity index (χ0v) is 10.6. The van der Waals surface area contributed by atoms with E-state index in [1.165, 1.54) is 0 Å². The minimum Gasteiger partial charge on any atom is -0.481 e. The fourth-order valence-corrected chi connectivity index (χ4v) is 2.22. The number of likely N-dealkylation sites (tertiary alicyclic amines) is 1. The van der Waals surface area contributed by atoms with E-state index in [1.807, 2.05) is 18.2 Å². The molecule has 1 aliphatic rings. The van der Waals surface area contributed by atoms with E-state index < -0.39 is 5.97 Å². The quantitative estimate of drug-likeness (QED) is 0.905. The van der Waals surface area contributed by atoms with Gasteiger partial charge < -0.3 is 14.7 Å². The highest BCUT2D eigenvalue weighted by molar-refractivity contribution is 5.71. The summed E-state index contributed by atoms with van der Waals surface area (Å²) in [5.41, 5.74) is 0. The van der Waals surface area contributed by atoms with Gasteiger partial charge in [0.25, 0.3) is 0 Å². The van der Waals surface area contributed by atoms with Crippen LogP contribution < -0.4 is 4.74 Å². The number of carboxylic acid groups (broad SMARTS) is 1. The smallest absolute Gasteiger partial charge is 0.415 e. The number of para-hydroxylation sites is 1. The average molecular weight is 263 g/mol. The van der Waals surface area contributed by atoms with Crippen LogP contribution in [0, 0.1) is 5.92 Å². The molecule has 1 amide bonds. The summed E-state index contributed by atoms with van der Waals surface area (Å²) in [6.45, 7) is 1.22. The van der Waals surface area contributed by atoms with Crippen LogP contribution in [0.25, 0.3) is 0 Å². The number of carboxylic acids is 1. The van der Waals surface area contributed by atoms with Crippen molar-refractivity contribution in [2.45, 2.75) is 19.3 Å². The van der Waals surface area contributed by atoms with Gasteiger partial charge in [-0.25, -0.2) is 4.79 Å². The van der Waals surface area contributed by atoms with E-state index in [4.69, 9.17) is 9.84 Å². The zero-order chi connectivity index (χ0) is 13.7. The Bertz CT molecular complexity index is 446. The first-order valence-corrected chi connectivity index (χ1v) is 6.39. The Morgan fingerprint density at radius 2 is 2.05 bits per heavy atom. The third kappa shape index (κ3) is 3.98. The Labute approximate surface area is 111 Å². The highest BCUT2D eigenvalue weighted by Crippen LogP contribution is 2.22. The van der Waals surface area contributed by atoms with Crippen LogP contribution >= 0.6 is 0 Å². The topological polar surface area (TPSA) is 66.8 Å². The maximum Gasteiger partial charge on any atom is 0.415 e. The molecule has 0 aromatic heterocycles. The summed E-state index contributed by atoms with van der Waals surface area (Å²) in [6, 6.07) is 8.94. The molecule has 5 heteroatoms. The van der Waals surface area contributed by atoms with Gasteiger partial charge in [0.15, 0.2) is 0 Å². The van der Waals surface area contributed by atoms with Crippen LogP contribution in [-0.4, -0.2) is 35.2 Å². The second kappa shape index (κ2) is 6.22. The van der Waals surface area contributed by atoms with Gasteiger partial charge in [0.2, 0.25) is 0 Å². The van der Waals surface area contributed by atoms with Crippen LogP contribution in [0.2, 0.25) is 0 Å². The Hall–Kier alpha value is -2.04. The predicted molar refractivity (Wildman–Crippen MR) is 69.0 cm³/mol. The van der Waals surface area contributed by atoms with Crippen LogP contribution in [0.5, 0.6) is 5.75 Å². The van der Waals surface area contributed by atoms with Crippen LogP contribution in [0.4, 0.5) is 4.79 Å². The lowest BCUT2D eigenvalue weighted by Gasteiger charge is -2.16. The minimum absolute atomic E-state index is 0.159. The van der Waals surface area contributed by atoms with E-state index in [0.29, 0.717) is 25.3 Å². The zero-order valence-electron chi connectivity index (χ0n) is 10.6. The van der Waals surface area contributed by atoms with E-state index in [0.717, 1.165) is 6.42 Å². The summed E-state index contributed by atoms with van der Waals surface area (Å²) in [5.74, 6) is 0.00576. The summed E-state index contributed by atoms with van der Waals surface area (Å²) in [4.78, 5) is 24.0. The molecule has 5 nitrogen and oxygen atoms in total. The lowest BCUT2D eigenvalue weighted by atomic mass is 10.0. The fourth-order valence-electron chi connectivity index (χ4n) is 2.22. The standard InChI is InChI=1S/C14H17NO4/c16-13(17)7-6-11-8-9-15(10-11)14(18)19-12-4-2-1-3-5-12/h1-5,11H,6-10H2,(H,16,17). The molecule has 1 aromatic carbocycles. The van der Waals surface area contributed by atoms with E-state index in [9.17, 15) is 9.59 Å². The van der Waals surface area contributed by atoms with E-state index in [1.54, 1.807) is 17.0 Å². The lowest BCUT2D eigenvalue weighted by molar-refractivity contribution is -0.137. The van der Waals surface area contributed by atoms with E-state index in [-0.39, 0.29) is 18.4 Å². The van der Waals surface area contributed by atoms with Crippen LogP contribution in [0.1, 0.15) is 19.3 Å². The maximum atomic E-state index is 11.9. The number of rotatable bonds is 4. The second-order valence-corrected chi connectivity index (χ2v) is 4.71. The second-order valence-electron chi connectivity index (χ2n) is 4.71. The fraction of sp³-hybridized carbons (Fsp3) is 0.429. The molecule has 102 valence electrons. The van der Waals surface area contributed by atoms with Gasteiger partial charge in [0.1, 0.15) is 5.75 Å². The van der Waals surface area contributed by atoms with Crippen molar-refractivity contribution in [2.24, 2.45) is 5.92 Å². The van der Waals surface area contributed by atoms with Gasteiger partial charge in [-0.05, 0) is 30.9 Å². The molecule has 1 heterocycles. The minimum atomic E-state index is -0.787. The predicted octanol–water partition coefficient (Wildman–Crippen LogP) is 2.37. The van der Waals surface area contributed by atoms with Crippen LogP contribution in [0.15, 0.2) is 30.3 Å². The van der Waals surface area contributed by atoms with Gasteiger partial charge in [-0.15, -0.1) is 0 Å². The Morgan fingerprint density at radius 3 is 2.74 bits per heavy atom. The summed E-state index contributed by atoms with van der Waals surface area (Å²) in [6.07, 6.45) is 1.26. The van der Waals surface area contributed by atoms with E-state index in [2.05, 4.69) is 0 Å². The molecule has 1 atom stereocenters. The summed E-state index contributed by atoms with van der Waals surface area (Å²) in [5, 5.41) is 8.64. The molecular formula is C14H17NO4. The molecule has 2 rings (SSSR count). The van der Waals surface area contributed by atoms with Crippen molar-refractivity contribution in [1.82, 2.24) is 4.90 Å². The number of amides is 1. The van der Waals surface area contributed by atoms with Crippen molar-refractivity contribution in [3.63, 3.8) is 0 Å². The molecule has 0 aliphatic carbocycles. The van der Waals surface area contributed by atoms with Gasteiger partial charge in [-0.1, -0.05) is 18.2 Å². The number of hydrogen-bond donors (Lipinski definition) is 1. The van der Waals surface area contributed by atoms with Crippen molar-refractivity contribution in [1.29, 1.82) is 0 Å². The molecule has 0 bridgehead atoms. The highest BCUT2D eigenvalue weighted by atomic mass is 16.6. The maximum absolute atomic E-state index is 11.9. The molecule has 0 radical (unpaired) electrons. The SMILES string of the molecule is O=C(O)CCC1CCN(C(=O)Oc2ccccc2)C1. The third-order valence-electron chi connectivity index (χ3n) is 3.26. The Morgan fingerprint density at radius 1 is 1.32 bits per heavy atom. The summed E-state index contributed by atoms with van der Waals surface area (Å²) < 4.78 is 5.24. The summed E-state index contributed by atoms with van der Waals surface area (Å²) >= 11 is 0. The van der Waals surface area contributed by atoms with Crippen LogP contribution in [-0.2, 0) is 4.79 Å². The number of ether oxygens (including phenoxy) is 1. The Balaban J connectivity index is 1.80. The van der Waals surface area contributed by atoms with Crippen molar-refractivity contribution in [3.05, 3.63) is 30.3 Å². The molecule has 1 unspecified atom stereocenters.